The summed E-state index contributed by atoms with van der Waals surface area (Å²) in [5, 5.41) is 10.4. The molecular weight excluding hydrogens is 496 g/mol. The van der Waals surface area contributed by atoms with Gasteiger partial charge in [-0.3, -0.25) is 4.79 Å². The van der Waals surface area contributed by atoms with Crippen LogP contribution in [0.15, 0.2) is 54.7 Å². The van der Waals surface area contributed by atoms with Gasteiger partial charge in [0.05, 0.1) is 36.9 Å². The van der Waals surface area contributed by atoms with Crippen LogP contribution in [0.4, 0.5) is 0 Å². The van der Waals surface area contributed by atoms with Crippen LogP contribution >= 0.6 is 11.3 Å². The van der Waals surface area contributed by atoms with Crippen molar-refractivity contribution in [3.8, 4) is 43.9 Å². The van der Waals surface area contributed by atoms with Gasteiger partial charge in [-0.15, -0.1) is 11.3 Å². The summed E-state index contributed by atoms with van der Waals surface area (Å²) in [6.07, 6.45) is 9.81. The van der Waals surface area contributed by atoms with E-state index in [0.29, 0.717) is 0 Å². The average molecular weight is 533 g/mol. The molecule has 6 nitrogen and oxygen atoms in total. The Labute approximate surface area is 228 Å². The molecule has 2 aromatic carbocycles. The predicted octanol–water partition coefficient (Wildman–Crippen LogP) is 8.02. The highest BCUT2D eigenvalue weighted by Gasteiger charge is 2.21. The second-order valence-electron chi connectivity index (χ2n) is 9.41. The van der Waals surface area contributed by atoms with E-state index in [9.17, 15) is 9.90 Å². The highest BCUT2D eigenvalue weighted by atomic mass is 32.1. The number of nitrogens with one attached hydrogen (secondary N) is 1. The quantitative estimate of drug-likeness (QED) is 0.161. The predicted molar refractivity (Wildman–Crippen MR) is 154 cm³/mol. The van der Waals surface area contributed by atoms with Crippen LogP contribution in [-0.2, 0) is 17.6 Å². The molecule has 0 aliphatic rings. The lowest BCUT2D eigenvalue weighted by molar-refractivity contribution is -0.136. The highest BCUT2D eigenvalue weighted by molar-refractivity contribution is 7.19. The van der Waals surface area contributed by atoms with E-state index in [1.54, 1.807) is 25.6 Å². The topological polar surface area (TPSA) is 84.4 Å². The number of aromatic nitrogens is 2. The van der Waals surface area contributed by atoms with E-state index in [4.69, 9.17) is 14.5 Å². The van der Waals surface area contributed by atoms with Crippen LogP contribution in [0.5, 0.6) is 11.5 Å². The fourth-order valence-electron chi connectivity index (χ4n) is 4.68. The van der Waals surface area contributed by atoms with Gasteiger partial charge in [0.1, 0.15) is 16.5 Å². The molecule has 4 rings (SSSR count). The zero-order valence-corrected chi connectivity index (χ0v) is 23.2. The summed E-state index contributed by atoms with van der Waals surface area (Å²) in [4.78, 5) is 21.1. The van der Waals surface area contributed by atoms with Crippen LogP contribution in [0.1, 0.15) is 56.6 Å². The van der Waals surface area contributed by atoms with Crippen LogP contribution in [0.2, 0.25) is 0 Å². The third kappa shape index (κ3) is 6.64. The molecule has 2 aromatic heterocycles. The van der Waals surface area contributed by atoms with Crippen molar-refractivity contribution in [1.29, 1.82) is 0 Å². The number of carbonyl (C=O) groups is 1. The molecule has 200 valence electrons. The summed E-state index contributed by atoms with van der Waals surface area (Å²) in [6.45, 7) is 2.22. The average Bonchev–Trinajstić information content (AvgIpc) is 3.55. The number of hydrogen-bond acceptors (Lipinski definition) is 5. The van der Waals surface area contributed by atoms with E-state index in [1.165, 1.54) is 25.7 Å². The first-order chi connectivity index (χ1) is 18.5. The third-order valence-corrected chi connectivity index (χ3v) is 7.88. The summed E-state index contributed by atoms with van der Waals surface area (Å²) in [7, 11) is 3.32. The Morgan fingerprint density at radius 1 is 0.895 bits per heavy atom. The lowest BCUT2D eigenvalue weighted by Crippen LogP contribution is -2.02. The third-order valence-electron chi connectivity index (χ3n) is 6.76. The Balaban J connectivity index is 1.73. The number of benzene rings is 2. The first-order valence-corrected chi connectivity index (χ1v) is 14.1. The minimum absolute atomic E-state index is 0.00369. The summed E-state index contributed by atoms with van der Waals surface area (Å²) < 4.78 is 10.7. The van der Waals surface area contributed by atoms with Crippen LogP contribution < -0.4 is 9.47 Å². The molecule has 2 heterocycles. The maximum Gasteiger partial charge on any atom is 0.307 e. The Kier molecular flexibility index (Phi) is 9.60. The van der Waals surface area contributed by atoms with Gasteiger partial charge in [0.25, 0.3) is 0 Å². The number of H-pyrrole nitrogens is 1. The molecule has 38 heavy (non-hydrogen) atoms. The van der Waals surface area contributed by atoms with Gasteiger partial charge >= 0.3 is 5.97 Å². The van der Waals surface area contributed by atoms with Gasteiger partial charge in [0.15, 0.2) is 0 Å². The highest BCUT2D eigenvalue weighted by Crippen LogP contribution is 2.42. The van der Waals surface area contributed by atoms with E-state index in [1.807, 2.05) is 54.7 Å². The number of carboxylic acids is 1. The molecule has 2 N–H and O–H groups in total. The van der Waals surface area contributed by atoms with Gasteiger partial charge in [-0.25, -0.2) is 4.98 Å². The summed E-state index contributed by atoms with van der Waals surface area (Å²) >= 11 is 1.62. The summed E-state index contributed by atoms with van der Waals surface area (Å²) in [5.41, 5.74) is 5.77. The largest absolute Gasteiger partial charge is 0.497 e. The van der Waals surface area contributed by atoms with Gasteiger partial charge in [-0.05, 0) is 78.1 Å². The van der Waals surface area contributed by atoms with Crippen molar-refractivity contribution < 1.29 is 19.4 Å². The number of aliphatic carboxylic acids is 1. The number of rotatable bonds is 14. The van der Waals surface area contributed by atoms with Gasteiger partial charge in [0, 0.05) is 11.8 Å². The number of carboxylic acid groups (broad SMARTS) is 1. The smallest absolute Gasteiger partial charge is 0.307 e. The van der Waals surface area contributed by atoms with E-state index >= 15 is 0 Å². The first kappa shape index (κ1) is 27.5. The molecule has 0 amide bonds. The summed E-state index contributed by atoms with van der Waals surface area (Å²) in [5.74, 6) is 0.768. The van der Waals surface area contributed by atoms with Crippen molar-refractivity contribution in [1.82, 2.24) is 9.97 Å². The molecule has 7 heteroatoms. The molecule has 4 aromatic rings. The van der Waals surface area contributed by atoms with Crippen molar-refractivity contribution >= 4 is 17.3 Å². The Hall–Kier alpha value is -3.58. The number of methoxy groups -OCH3 is 2. The van der Waals surface area contributed by atoms with E-state index < -0.39 is 5.97 Å². The Bertz CT molecular complexity index is 1260. The normalized spacial score (nSPS) is 11.0. The fraction of sp³-hybridized carbons (Fsp3) is 0.355. The van der Waals surface area contributed by atoms with Crippen molar-refractivity contribution in [3.63, 3.8) is 0 Å². The van der Waals surface area contributed by atoms with Crippen LogP contribution in [0.3, 0.4) is 0 Å². The number of ether oxygens (including phenoxy) is 2. The molecule has 0 saturated carbocycles. The number of aromatic amines is 1. The van der Waals surface area contributed by atoms with Gasteiger partial charge < -0.3 is 19.6 Å². The second kappa shape index (κ2) is 13.3. The Morgan fingerprint density at radius 2 is 1.50 bits per heavy atom. The van der Waals surface area contributed by atoms with Crippen molar-refractivity contribution in [3.05, 3.63) is 65.9 Å². The minimum Gasteiger partial charge on any atom is -0.497 e. The second-order valence-corrected chi connectivity index (χ2v) is 10.4. The standard InChI is InChI=1S/C31H36N2O4S/c1-4-5-6-7-8-9-10-26-23(19-27(34)35)20-32-29(26)31-33-28(21-11-15-24(36-2)16-12-21)30(38-31)22-13-17-25(37-3)18-14-22/h11-18,20,32H,4-10,19H2,1-3H3,(H,34,35). The SMILES string of the molecule is CCCCCCCCc1c(CC(=O)O)c[nH]c1-c1nc(-c2ccc(OC)cc2)c(-c2ccc(OC)cc2)s1. The molecule has 0 bridgehead atoms. The zero-order chi connectivity index (χ0) is 26.9. The van der Waals surface area contributed by atoms with Gasteiger partial charge in [0.2, 0.25) is 0 Å². The maximum absolute atomic E-state index is 11.6. The van der Waals surface area contributed by atoms with Crippen molar-refractivity contribution in [2.45, 2.75) is 58.3 Å². The molecule has 0 aliphatic heterocycles. The van der Waals surface area contributed by atoms with Gasteiger partial charge in [-0.1, -0.05) is 39.0 Å². The van der Waals surface area contributed by atoms with E-state index in [0.717, 1.165) is 74.3 Å². The molecule has 0 radical (unpaired) electrons. The van der Waals surface area contributed by atoms with Crippen LogP contribution in [-0.4, -0.2) is 35.3 Å². The van der Waals surface area contributed by atoms with Gasteiger partial charge in [-0.2, -0.15) is 0 Å². The number of unbranched alkanes of at least 4 members (excludes halogenated alkanes) is 5. The number of thiazole rings is 1. The maximum atomic E-state index is 11.6. The molecule has 0 fully saturated rings. The Morgan fingerprint density at radius 3 is 2.11 bits per heavy atom. The number of hydrogen-bond donors (Lipinski definition) is 2. The monoisotopic (exact) mass is 532 g/mol. The molecule has 0 unspecified atom stereocenters. The lowest BCUT2D eigenvalue weighted by atomic mass is 10.0. The molecule has 0 spiro atoms. The number of nitrogens with zero attached hydrogens (tertiary/aromatic N) is 1. The van der Waals surface area contributed by atoms with Crippen molar-refractivity contribution in [2.24, 2.45) is 0 Å². The van der Waals surface area contributed by atoms with E-state index in [-0.39, 0.29) is 6.42 Å². The molecule has 0 aliphatic carbocycles. The van der Waals surface area contributed by atoms with E-state index in [2.05, 4.69) is 11.9 Å². The lowest BCUT2D eigenvalue weighted by Gasteiger charge is -2.06. The fourth-order valence-corrected chi connectivity index (χ4v) is 5.81. The zero-order valence-electron chi connectivity index (χ0n) is 22.4. The van der Waals surface area contributed by atoms with Crippen LogP contribution in [0, 0.1) is 0 Å². The minimum atomic E-state index is -0.822. The van der Waals surface area contributed by atoms with Crippen LogP contribution in [0.25, 0.3) is 32.4 Å². The molecule has 0 saturated heterocycles. The molecule has 0 atom stereocenters. The van der Waals surface area contributed by atoms with Crippen molar-refractivity contribution in [2.75, 3.05) is 14.2 Å². The molecular formula is C31H36N2O4S. The first-order valence-electron chi connectivity index (χ1n) is 13.2. The summed E-state index contributed by atoms with van der Waals surface area (Å²) in [6, 6.07) is 15.9.